The minimum atomic E-state index is -3.47. The summed E-state index contributed by atoms with van der Waals surface area (Å²) in [7, 11) is -3.47. The minimum absolute atomic E-state index is 0.173. The van der Waals surface area contributed by atoms with E-state index in [2.05, 4.69) is 24.3 Å². The number of nitrogens with zero attached hydrogens (tertiary/aromatic N) is 3. The Balaban J connectivity index is 2.21. The van der Waals surface area contributed by atoms with Crippen LogP contribution in [0.4, 0.5) is 0 Å². The lowest BCUT2D eigenvalue weighted by Gasteiger charge is -1.99. The molecule has 0 aromatic carbocycles. The third kappa shape index (κ3) is 2.48. The highest BCUT2D eigenvalue weighted by molar-refractivity contribution is 7.85. The number of hydrogen-bond donors (Lipinski definition) is 1. The van der Waals surface area contributed by atoms with Gasteiger partial charge in [0.25, 0.3) is 10.1 Å². The molecule has 0 spiro atoms. The van der Waals surface area contributed by atoms with Crippen molar-refractivity contribution in [2.75, 3.05) is 6.26 Å². The molecule has 0 saturated heterocycles. The number of H-pyrrole nitrogens is 1. The fourth-order valence-electron chi connectivity index (χ4n) is 1.00. The van der Waals surface area contributed by atoms with E-state index in [0.29, 0.717) is 5.65 Å². The van der Waals surface area contributed by atoms with E-state index in [9.17, 15) is 8.42 Å². The average molecular weight is 228 g/mol. The topological polar surface area (TPSA) is 97.8 Å². The summed E-state index contributed by atoms with van der Waals surface area (Å²) in [6.45, 7) is -0.173. The predicted octanol–water partition coefficient (Wildman–Crippen LogP) is -0.171. The number of nitrogens with one attached hydrogen (secondary N) is 1. The molecule has 2 aromatic rings. The second kappa shape index (κ2) is 3.55. The molecule has 0 atom stereocenters. The third-order valence-electron chi connectivity index (χ3n) is 1.64. The molecule has 1 N–H and O–H groups in total. The molecule has 0 bridgehead atoms. The van der Waals surface area contributed by atoms with E-state index >= 15 is 0 Å². The van der Waals surface area contributed by atoms with Gasteiger partial charge in [-0.05, 0) is 0 Å². The lowest BCUT2D eigenvalue weighted by Crippen LogP contribution is -2.05. The smallest absolute Gasteiger partial charge is 0.262 e. The molecule has 7 nitrogen and oxygen atoms in total. The Bertz CT molecular complexity index is 577. The van der Waals surface area contributed by atoms with E-state index in [1.54, 1.807) is 12.4 Å². The maximum atomic E-state index is 10.7. The fourth-order valence-corrected chi connectivity index (χ4v) is 1.32. The molecule has 8 heteroatoms. The highest BCUT2D eigenvalue weighted by Gasteiger charge is 2.06. The van der Waals surface area contributed by atoms with Gasteiger partial charge in [-0.15, -0.1) is 0 Å². The van der Waals surface area contributed by atoms with E-state index in [1.807, 2.05) is 0 Å². The van der Waals surface area contributed by atoms with Gasteiger partial charge >= 0.3 is 0 Å². The summed E-state index contributed by atoms with van der Waals surface area (Å²) in [6.07, 6.45) is 4.10. The van der Waals surface area contributed by atoms with Gasteiger partial charge < -0.3 is 0 Å². The van der Waals surface area contributed by atoms with Gasteiger partial charge in [-0.3, -0.25) is 9.28 Å². The van der Waals surface area contributed by atoms with E-state index in [1.165, 1.54) is 0 Å². The normalized spacial score (nSPS) is 12.1. The highest BCUT2D eigenvalue weighted by atomic mass is 32.2. The molecule has 0 aliphatic rings. The second-order valence-electron chi connectivity index (χ2n) is 2.93. The van der Waals surface area contributed by atoms with Crippen LogP contribution in [0.3, 0.4) is 0 Å². The van der Waals surface area contributed by atoms with Crippen molar-refractivity contribution in [3.8, 4) is 0 Å². The van der Waals surface area contributed by atoms with Crippen LogP contribution < -0.4 is 0 Å². The fraction of sp³-hybridized carbons (Fsp3) is 0.286. The van der Waals surface area contributed by atoms with Crippen LogP contribution in [-0.4, -0.2) is 34.8 Å². The van der Waals surface area contributed by atoms with Gasteiger partial charge in [-0.2, -0.15) is 13.5 Å². The first-order valence-corrected chi connectivity index (χ1v) is 5.86. The van der Waals surface area contributed by atoms with Crippen LogP contribution in [0.15, 0.2) is 12.4 Å². The monoisotopic (exact) mass is 228 g/mol. The average Bonchev–Trinajstić information content (AvgIpc) is 2.60. The molecule has 0 amide bonds. The molecule has 15 heavy (non-hydrogen) atoms. The summed E-state index contributed by atoms with van der Waals surface area (Å²) in [5.41, 5.74) is 0.553. The molecule has 0 saturated carbocycles. The zero-order chi connectivity index (χ0) is 10.9. The summed E-state index contributed by atoms with van der Waals surface area (Å²) in [4.78, 5) is 7.94. The van der Waals surface area contributed by atoms with Crippen LogP contribution in [0.25, 0.3) is 11.0 Å². The van der Waals surface area contributed by atoms with Crippen molar-refractivity contribution in [3.63, 3.8) is 0 Å². The summed E-state index contributed by atoms with van der Waals surface area (Å²) in [5.74, 6) is 0.289. The molecular formula is C7H8N4O3S. The van der Waals surface area contributed by atoms with Gasteiger partial charge in [-0.1, -0.05) is 0 Å². The van der Waals surface area contributed by atoms with Gasteiger partial charge in [-0.25, -0.2) is 9.97 Å². The van der Waals surface area contributed by atoms with E-state index in [-0.39, 0.29) is 12.4 Å². The van der Waals surface area contributed by atoms with Gasteiger partial charge in [0.2, 0.25) is 0 Å². The molecule has 2 heterocycles. The van der Waals surface area contributed by atoms with E-state index in [0.717, 1.165) is 11.6 Å². The highest BCUT2D eigenvalue weighted by Crippen LogP contribution is 2.06. The zero-order valence-electron chi connectivity index (χ0n) is 7.84. The quantitative estimate of drug-likeness (QED) is 0.732. The number of fused-ring (bicyclic) bond motifs is 1. The lowest BCUT2D eigenvalue weighted by atomic mass is 10.4. The van der Waals surface area contributed by atoms with Crippen LogP contribution in [-0.2, 0) is 20.9 Å². The summed E-state index contributed by atoms with van der Waals surface area (Å²) < 4.78 is 26.0. The van der Waals surface area contributed by atoms with Crippen molar-refractivity contribution in [1.29, 1.82) is 0 Å². The first-order chi connectivity index (χ1) is 7.04. The van der Waals surface area contributed by atoms with Crippen molar-refractivity contribution < 1.29 is 12.6 Å². The van der Waals surface area contributed by atoms with Gasteiger partial charge in [0.05, 0.1) is 17.8 Å². The summed E-state index contributed by atoms with van der Waals surface area (Å²) in [5, 5.41) is 7.18. The van der Waals surface area contributed by atoms with Crippen LogP contribution in [0.2, 0.25) is 0 Å². The van der Waals surface area contributed by atoms with Crippen molar-refractivity contribution in [2.45, 2.75) is 6.61 Å². The SMILES string of the molecule is CS(=O)(=O)OCc1ncc2cn[nH]c2n1. The van der Waals surface area contributed by atoms with Crippen LogP contribution in [0.5, 0.6) is 0 Å². The second-order valence-corrected chi connectivity index (χ2v) is 4.57. The molecule has 0 aliphatic heterocycles. The van der Waals surface area contributed by atoms with Crippen LogP contribution in [0.1, 0.15) is 5.82 Å². The molecule has 2 rings (SSSR count). The number of aromatic amines is 1. The Kier molecular flexibility index (Phi) is 2.37. The summed E-state index contributed by atoms with van der Waals surface area (Å²) >= 11 is 0. The molecule has 2 aromatic heterocycles. The number of rotatable bonds is 3. The Hall–Kier alpha value is -1.54. The summed E-state index contributed by atoms with van der Waals surface area (Å²) in [6, 6.07) is 0. The molecule has 80 valence electrons. The predicted molar refractivity (Wildman–Crippen MR) is 51.3 cm³/mol. The number of aromatic nitrogens is 4. The Morgan fingerprint density at radius 1 is 1.47 bits per heavy atom. The maximum Gasteiger partial charge on any atom is 0.264 e. The molecular weight excluding hydrogens is 220 g/mol. The number of hydrogen-bond acceptors (Lipinski definition) is 6. The van der Waals surface area contributed by atoms with Crippen molar-refractivity contribution in [3.05, 3.63) is 18.2 Å². The minimum Gasteiger partial charge on any atom is -0.262 e. The Labute approximate surface area is 85.6 Å². The van der Waals surface area contributed by atoms with E-state index < -0.39 is 10.1 Å². The van der Waals surface area contributed by atoms with Crippen LogP contribution >= 0.6 is 0 Å². The van der Waals surface area contributed by atoms with Crippen molar-refractivity contribution in [1.82, 2.24) is 20.2 Å². The maximum absolute atomic E-state index is 10.7. The van der Waals surface area contributed by atoms with Gasteiger partial charge in [0.15, 0.2) is 11.5 Å². The Morgan fingerprint density at radius 3 is 3.00 bits per heavy atom. The molecule has 0 fully saturated rings. The van der Waals surface area contributed by atoms with Crippen molar-refractivity contribution in [2.24, 2.45) is 0 Å². The lowest BCUT2D eigenvalue weighted by molar-refractivity contribution is 0.302. The molecule has 0 unspecified atom stereocenters. The van der Waals surface area contributed by atoms with Crippen molar-refractivity contribution >= 4 is 21.2 Å². The standard InChI is InChI=1S/C7H8N4O3S/c1-15(12,13)14-4-6-8-2-5-3-9-11-7(5)10-6/h2-3H,4H2,1H3,(H,8,9,10,11). The first kappa shape index (κ1) is 9.99. The largest absolute Gasteiger partial charge is 0.264 e. The first-order valence-electron chi connectivity index (χ1n) is 4.04. The van der Waals surface area contributed by atoms with Crippen LogP contribution in [0, 0.1) is 0 Å². The molecule has 0 aliphatic carbocycles. The third-order valence-corrected chi connectivity index (χ3v) is 2.19. The van der Waals surface area contributed by atoms with Gasteiger partial charge in [0.1, 0.15) is 6.61 Å². The van der Waals surface area contributed by atoms with Gasteiger partial charge in [0, 0.05) is 6.20 Å². The molecule has 0 radical (unpaired) electrons. The zero-order valence-corrected chi connectivity index (χ0v) is 8.65. The Morgan fingerprint density at radius 2 is 2.27 bits per heavy atom. The van der Waals surface area contributed by atoms with E-state index in [4.69, 9.17) is 0 Å².